The Balaban J connectivity index is 1.48. The lowest BCUT2D eigenvalue weighted by atomic mass is 9.92. The first-order chi connectivity index (χ1) is 9.90. The normalized spacial score (nSPS) is 26.8. The van der Waals surface area contributed by atoms with Gasteiger partial charge in [-0.15, -0.1) is 0 Å². The van der Waals surface area contributed by atoms with Gasteiger partial charge in [-0.05, 0) is 44.0 Å². The van der Waals surface area contributed by atoms with Crippen molar-refractivity contribution in [3.63, 3.8) is 0 Å². The van der Waals surface area contributed by atoms with E-state index in [4.69, 9.17) is 8.94 Å². The minimum Gasteiger partial charge on any atom is -0.461 e. The summed E-state index contributed by atoms with van der Waals surface area (Å²) in [6.07, 6.45) is 4.20. The lowest BCUT2D eigenvalue weighted by Gasteiger charge is -2.35. The van der Waals surface area contributed by atoms with Gasteiger partial charge in [0.05, 0.1) is 12.8 Å². The quantitative estimate of drug-likeness (QED) is 0.915. The third kappa shape index (κ3) is 2.14. The molecule has 2 fully saturated rings. The molecule has 6 nitrogen and oxygen atoms in total. The van der Waals surface area contributed by atoms with Crippen LogP contribution in [-0.4, -0.2) is 40.7 Å². The zero-order chi connectivity index (χ0) is 13.4. The largest absolute Gasteiger partial charge is 0.461 e. The van der Waals surface area contributed by atoms with Crippen LogP contribution in [-0.2, 0) is 6.54 Å². The maximum absolute atomic E-state index is 5.36. The summed E-state index contributed by atoms with van der Waals surface area (Å²) < 4.78 is 10.6. The molecule has 0 radical (unpaired) electrons. The molecule has 20 heavy (non-hydrogen) atoms. The van der Waals surface area contributed by atoms with Gasteiger partial charge >= 0.3 is 0 Å². The molecule has 0 bridgehead atoms. The molecule has 2 aromatic rings. The highest BCUT2D eigenvalue weighted by atomic mass is 16.5. The Labute approximate surface area is 117 Å². The van der Waals surface area contributed by atoms with E-state index in [1.165, 1.54) is 12.8 Å². The van der Waals surface area contributed by atoms with Crippen molar-refractivity contribution in [3.05, 3.63) is 24.3 Å². The van der Waals surface area contributed by atoms with Crippen molar-refractivity contribution < 1.29 is 8.94 Å². The van der Waals surface area contributed by atoms with Gasteiger partial charge in [0.25, 0.3) is 0 Å². The number of nitrogens with zero attached hydrogens (tertiary/aromatic N) is 3. The van der Waals surface area contributed by atoms with Gasteiger partial charge in [0.1, 0.15) is 0 Å². The number of furan rings is 1. The van der Waals surface area contributed by atoms with Gasteiger partial charge in [-0.3, -0.25) is 4.90 Å². The molecule has 4 rings (SSSR count). The van der Waals surface area contributed by atoms with E-state index in [-0.39, 0.29) is 0 Å². The molecule has 6 heteroatoms. The van der Waals surface area contributed by atoms with Crippen molar-refractivity contribution in [3.8, 4) is 11.6 Å². The topological polar surface area (TPSA) is 67.3 Å². The van der Waals surface area contributed by atoms with E-state index in [2.05, 4.69) is 20.4 Å². The summed E-state index contributed by atoms with van der Waals surface area (Å²) in [5.41, 5.74) is 0. The van der Waals surface area contributed by atoms with E-state index < -0.39 is 0 Å². The maximum atomic E-state index is 5.36. The van der Waals surface area contributed by atoms with Gasteiger partial charge < -0.3 is 14.3 Å². The van der Waals surface area contributed by atoms with E-state index >= 15 is 0 Å². The summed E-state index contributed by atoms with van der Waals surface area (Å²) in [5, 5.41) is 7.47. The van der Waals surface area contributed by atoms with Crippen molar-refractivity contribution in [1.82, 2.24) is 20.4 Å². The molecule has 0 aromatic carbocycles. The van der Waals surface area contributed by atoms with Crippen LogP contribution in [0, 0.1) is 5.92 Å². The number of nitrogens with one attached hydrogen (secondary N) is 1. The first kappa shape index (κ1) is 12.1. The Morgan fingerprint density at radius 2 is 2.40 bits per heavy atom. The average Bonchev–Trinajstić information content (AvgIpc) is 3.20. The fourth-order valence-corrected chi connectivity index (χ4v) is 3.36. The van der Waals surface area contributed by atoms with Gasteiger partial charge in [0.2, 0.25) is 11.7 Å². The lowest BCUT2D eigenvalue weighted by molar-refractivity contribution is 0.104. The van der Waals surface area contributed by atoms with Crippen LogP contribution in [0.1, 0.15) is 18.7 Å². The molecule has 0 spiro atoms. The second kappa shape index (κ2) is 5.03. The molecule has 0 amide bonds. The van der Waals surface area contributed by atoms with Crippen LogP contribution in [0.5, 0.6) is 0 Å². The highest BCUT2D eigenvalue weighted by Crippen LogP contribution is 2.27. The SMILES string of the molecule is c1coc(-c2noc(CN3CCCC4CNCC43)n2)c1. The van der Waals surface area contributed by atoms with Crippen LogP contribution >= 0.6 is 0 Å². The summed E-state index contributed by atoms with van der Waals surface area (Å²) in [6.45, 7) is 4.06. The zero-order valence-corrected chi connectivity index (χ0v) is 11.3. The molecule has 2 saturated heterocycles. The summed E-state index contributed by atoms with van der Waals surface area (Å²) in [6, 6.07) is 4.28. The second-order valence-electron chi connectivity index (χ2n) is 5.59. The fraction of sp³-hybridized carbons (Fsp3) is 0.571. The highest BCUT2D eigenvalue weighted by molar-refractivity contribution is 5.44. The predicted octanol–water partition coefficient (Wildman–Crippen LogP) is 1.51. The first-order valence-electron chi connectivity index (χ1n) is 7.21. The molecule has 2 aromatic heterocycles. The number of piperidine rings is 1. The van der Waals surface area contributed by atoms with Gasteiger partial charge in [0.15, 0.2) is 5.76 Å². The predicted molar refractivity (Wildman–Crippen MR) is 71.8 cm³/mol. The molecule has 2 aliphatic rings. The van der Waals surface area contributed by atoms with Crippen molar-refractivity contribution in [2.45, 2.75) is 25.4 Å². The van der Waals surface area contributed by atoms with Gasteiger partial charge in [0, 0.05) is 12.6 Å². The zero-order valence-electron chi connectivity index (χ0n) is 11.3. The van der Waals surface area contributed by atoms with Gasteiger partial charge in [-0.1, -0.05) is 5.16 Å². The van der Waals surface area contributed by atoms with E-state index in [0.717, 1.165) is 32.1 Å². The molecule has 1 N–H and O–H groups in total. The molecule has 106 valence electrons. The molecule has 2 unspecified atom stereocenters. The minimum atomic E-state index is 0.531. The van der Waals surface area contributed by atoms with Crippen molar-refractivity contribution in [1.29, 1.82) is 0 Å². The molecular formula is C14H18N4O2. The number of hydrogen-bond acceptors (Lipinski definition) is 6. The average molecular weight is 274 g/mol. The molecule has 4 heterocycles. The van der Waals surface area contributed by atoms with E-state index in [1.54, 1.807) is 6.26 Å². The summed E-state index contributed by atoms with van der Waals surface area (Å²) in [5.74, 6) is 2.63. The van der Waals surface area contributed by atoms with Crippen LogP contribution in [0.15, 0.2) is 27.3 Å². The molecule has 2 atom stereocenters. The highest BCUT2D eigenvalue weighted by Gasteiger charge is 2.35. The van der Waals surface area contributed by atoms with Crippen LogP contribution in [0.25, 0.3) is 11.6 Å². The number of likely N-dealkylation sites (tertiary alicyclic amines) is 1. The third-order valence-electron chi connectivity index (χ3n) is 4.34. The van der Waals surface area contributed by atoms with Crippen molar-refractivity contribution in [2.24, 2.45) is 5.92 Å². The Kier molecular flexibility index (Phi) is 3.05. The second-order valence-corrected chi connectivity index (χ2v) is 5.59. The van der Waals surface area contributed by atoms with Gasteiger partial charge in [-0.25, -0.2) is 0 Å². The fourth-order valence-electron chi connectivity index (χ4n) is 3.36. The Morgan fingerprint density at radius 3 is 3.30 bits per heavy atom. The number of aromatic nitrogens is 2. The Morgan fingerprint density at radius 1 is 1.40 bits per heavy atom. The van der Waals surface area contributed by atoms with Crippen LogP contribution in [0.3, 0.4) is 0 Å². The molecule has 0 saturated carbocycles. The molecule has 2 aliphatic heterocycles. The lowest BCUT2D eigenvalue weighted by Crippen LogP contribution is -2.44. The molecular weight excluding hydrogens is 256 g/mol. The summed E-state index contributed by atoms with van der Waals surface area (Å²) in [4.78, 5) is 6.89. The standard InChI is InChI=1S/C14H18N4O2/c1-3-10-7-15-8-11(10)18(5-1)9-13-16-14(17-20-13)12-4-2-6-19-12/h2,4,6,10-11,15H,1,3,5,7-9H2. The van der Waals surface area contributed by atoms with Crippen molar-refractivity contribution >= 4 is 0 Å². The summed E-state index contributed by atoms with van der Waals surface area (Å²) >= 11 is 0. The van der Waals surface area contributed by atoms with Crippen LogP contribution in [0.2, 0.25) is 0 Å². The van der Waals surface area contributed by atoms with Crippen molar-refractivity contribution in [2.75, 3.05) is 19.6 Å². The van der Waals surface area contributed by atoms with Crippen LogP contribution in [0.4, 0.5) is 0 Å². The number of rotatable bonds is 3. The summed E-state index contributed by atoms with van der Waals surface area (Å²) in [7, 11) is 0. The Bertz CT molecular complexity index is 566. The van der Waals surface area contributed by atoms with Crippen LogP contribution < -0.4 is 5.32 Å². The third-order valence-corrected chi connectivity index (χ3v) is 4.34. The first-order valence-corrected chi connectivity index (χ1v) is 7.21. The monoisotopic (exact) mass is 274 g/mol. The Hall–Kier alpha value is -1.66. The number of hydrogen-bond donors (Lipinski definition) is 1. The van der Waals surface area contributed by atoms with Gasteiger partial charge in [-0.2, -0.15) is 4.98 Å². The smallest absolute Gasteiger partial charge is 0.241 e. The van der Waals surface area contributed by atoms with E-state index in [1.807, 2.05) is 12.1 Å². The maximum Gasteiger partial charge on any atom is 0.241 e. The van der Waals surface area contributed by atoms with E-state index in [9.17, 15) is 0 Å². The minimum absolute atomic E-state index is 0.531. The van der Waals surface area contributed by atoms with E-state index in [0.29, 0.717) is 23.5 Å². The number of fused-ring (bicyclic) bond motifs is 1. The molecule has 0 aliphatic carbocycles.